The molecule has 41 heavy (non-hydrogen) atoms. The summed E-state index contributed by atoms with van der Waals surface area (Å²) in [6.07, 6.45) is -2.67. The molecule has 2 aliphatic rings. The van der Waals surface area contributed by atoms with Gasteiger partial charge in [-0.15, -0.1) is 0 Å². The van der Waals surface area contributed by atoms with Crippen LogP contribution in [0, 0.1) is 6.92 Å². The van der Waals surface area contributed by atoms with Crippen LogP contribution in [0.15, 0.2) is 46.1 Å². The number of hydrogen-bond donors (Lipinski definition) is 1. The van der Waals surface area contributed by atoms with E-state index in [9.17, 15) is 19.5 Å². The zero-order valence-corrected chi connectivity index (χ0v) is 27.5. The molecule has 4 atom stereocenters. The van der Waals surface area contributed by atoms with Gasteiger partial charge in [-0.1, -0.05) is 73.6 Å². The molecule has 2 aliphatic heterocycles. The topological polar surface area (TPSA) is 118 Å². The number of aliphatic hydroxyl groups excluding tert-OH is 1. The normalized spacial score (nSPS) is 25.9. The standard InChI is InChI=1S/C29H44N2O8Si2/c1-17(2)40(18(3)4)36-16-23-25(38-41(39-40,19(5)6)20(7)8)24(32)28(37-23)30-15-21(9)26(33)31(29(30)35)27(34)22-13-11-10-12-14-22/h10-15,17-20,23-25,28,32H,16H2,1-9H3/t23-,24+,25?,28-/m1/s1. The lowest BCUT2D eigenvalue weighted by Gasteiger charge is -2.51. The number of aliphatic hydroxyl groups is 1. The summed E-state index contributed by atoms with van der Waals surface area (Å²) in [6, 6.07) is 8.13. The number of nitrogens with zero attached hydrogens (tertiary/aromatic N) is 2. The highest BCUT2D eigenvalue weighted by molar-refractivity contribution is 6.84. The molecule has 0 aliphatic carbocycles. The van der Waals surface area contributed by atoms with E-state index in [1.165, 1.54) is 25.3 Å². The number of carbonyl (C=O) groups is 1. The number of rotatable bonds is 6. The first-order valence-electron chi connectivity index (χ1n) is 14.5. The first kappa shape index (κ1) is 31.7. The van der Waals surface area contributed by atoms with Crippen molar-refractivity contribution in [2.24, 2.45) is 0 Å². The Balaban J connectivity index is 1.81. The Bertz CT molecular complexity index is 1360. The second-order valence-electron chi connectivity index (χ2n) is 12.4. The van der Waals surface area contributed by atoms with Crippen molar-refractivity contribution in [3.8, 4) is 0 Å². The fourth-order valence-corrected chi connectivity index (χ4v) is 17.3. The van der Waals surface area contributed by atoms with Gasteiger partial charge in [0.2, 0.25) is 0 Å². The minimum absolute atomic E-state index is 0.0378. The number of carbonyl (C=O) groups excluding carboxylic acids is 1. The van der Waals surface area contributed by atoms with E-state index in [4.69, 9.17) is 17.7 Å². The van der Waals surface area contributed by atoms with Crippen LogP contribution >= 0.6 is 0 Å². The summed E-state index contributed by atoms with van der Waals surface area (Å²) in [6.45, 7) is 18.5. The van der Waals surface area contributed by atoms with E-state index in [0.717, 1.165) is 4.57 Å². The Morgan fingerprint density at radius 3 is 2.02 bits per heavy atom. The van der Waals surface area contributed by atoms with E-state index >= 15 is 0 Å². The highest BCUT2D eigenvalue weighted by Crippen LogP contribution is 2.48. The second-order valence-corrected chi connectivity index (χ2v) is 21.3. The molecular formula is C29H44N2O8Si2. The number of aryl methyl sites for hydroxylation is 1. The van der Waals surface area contributed by atoms with Gasteiger partial charge >= 0.3 is 22.8 Å². The van der Waals surface area contributed by atoms with Crippen molar-refractivity contribution < 1.29 is 27.6 Å². The molecule has 2 fully saturated rings. The highest BCUT2D eigenvalue weighted by Gasteiger charge is 2.61. The average molecular weight is 605 g/mol. The molecule has 1 aromatic heterocycles. The smallest absolute Gasteiger partial charge is 0.340 e. The molecular weight excluding hydrogens is 560 g/mol. The first-order valence-corrected chi connectivity index (χ1v) is 18.4. The summed E-state index contributed by atoms with van der Waals surface area (Å²) in [7, 11) is -5.88. The summed E-state index contributed by atoms with van der Waals surface area (Å²) < 4.78 is 28.9. The fourth-order valence-electron chi connectivity index (χ4n) is 6.14. The van der Waals surface area contributed by atoms with Crippen molar-refractivity contribution in [3.63, 3.8) is 0 Å². The van der Waals surface area contributed by atoms with E-state index in [1.807, 2.05) is 0 Å². The van der Waals surface area contributed by atoms with E-state index in [0.29, 0.717) is 4.57 Å². The minimum atomic E-state index is -3.05. The number of aromatic nitrogens is 2. The Labute approximate surface area is 243 Å². The Morgan fingerprint density at radius 1 is 0.927 bits per heavy atom. The zero-order valence-electron chi connectivity index (χ0n) is 25.5. The largest absolute Gasteiger partial charge is 0.414 e. The Morgan fingerprint density at radius 2 is 1.49 bits per heavy atom. The van der Waals surface area contributed by atoms with Crippen molar-refractivity contribution in [2.75, 3.05) is 6.61 Å². The van der Waals surface area contributed by atoms with Gasteiger partial charge in [0.1, 0.15) is 18.3 Å². The van der Waals surface area contributed by atoms with Crippen LogP contribution in [0.4, 0.5) is 0 Å². The molecule has 0 amide bonds. The summed E-state index contributed by atoms with van der Waals surface area (Å²) in [5, 5.41) is 11.7. The van der Waals surface area contributed by atoms with Gasteiger partial charge in [0.05, 0.1) is 6.61 Å². The molecule has 10 nitrogen and oxygen atoms in total. The van der Waals surface area contributed by atoms with Gasteiger partial charge in [0.25, 0.3) is 11.5 Å². The number of fused-ring (bicyclic) bond motifs is 1. The van der Waals surface area contributed by atoms with E-state index in [-0.39, 0.29) is 39.9 Å². The summed E-state index contributed by atoms with van der Waals surface area (Å²) in [5.41, 5.74) is -0.920. The fraction of sp³-hybridized carbons (Fsp3) is 0.621. The molecule has 2 aromatic rings. The lowest BCUT2D eigenvalue weighted by Crippen LogP contribution is -2.65. The summed E-state index contributed by atoms with van der Waals surface area (Å²) in [4.78, 5) is 40.0. The van der Waals surface area contributed by atoms with E-state index in [1.54, 1.807) is 18.2 Å². The van der Waals surface area contributed by atoms with Crippen molar-refractivity contribution in [2.45, 2.75) is 109 Å². The van der Waals surface area contributed by atoms with Crippen LogP contribution < -0.4 is 11.2 Å². The molecule has 2 saturated heterocycles. The highest BCUT2D eigenvalue weighted by atomic mass is 28.5. The first-order chi connectivity index (χ1) is 19.2. The maximum atomic E-state index is 13.7. The lowest BCUT2D eigenvalue weighted by molar-refractivity contribution is -0.0604. The molecule has 3 heterocycles. The van der Waals surface area contributed by atoms with Gasteiger partial charge in [-0.3, -0.25) is 14.2 Å². The number of hydrogen-bond acceptors (Lipinski definition) is 8. The van der Waals surface area contributed by atoms with Crippen molar-refractivity contribution >= 4 is 23.0 Å². The molecule has 4 rings (SSSR count). The minimum Gasteiger partial charge on any atom is -0.414 e. The number of ether oxygens (including phenoxy) is 1. The molecule has 0 saturated carbocycles. The van der Waals surface area contributed by atoms with Gasteiger partial charge in [-0.05, 0) is 41.2 Å². The van der Waals surface area contributed by atoms with Crippen molar-refractivity contribution in [1.29, 1.82) is 0 Å². The van der Waals surface area contributed by atoms with E-state index < -0.39 is 58.8 Å². The molecule has 0 spiro atoms. The SMILES string of the molecule is Cc1cn([C@@H]2O[C@@H]3CO[Si](C(C)C)(C(C)C)O[Si](C(C)C)(C(C)C)OC3[C@@H]2O)c(=O)n(C(=O)c2ccccc2)c1=O. The maximum absolute atomic E-state index is 13.7. The van der Waals surface area contributed by atoms with Gasteiger partial charge in [-0.2, -0.15) is 4.57 Å². The van der Waals surface area contributed by atoms with Crippen LogP contribution in [0.25, 0.3) is 0 Å². The van der Waals surface area contributed by atoms with Gasteiger partial charge in [0.15, 0.2) is 6.23 Å². The molecule has 12 heteroatoms. The van der Waals surface area contributed by atoms with Gasteiger partial charge in [0, 0.05) is 17.3 Å². The molecule has 1 N–H and O–H groups in total. The third-order valence-corrected chi connectivity index (χ3v) is 18.7. The lowest BCUT2D eigenvalue weighted by atomic mass is 10.1. The van der Waals surface area contributed by atoms with Crippen LogP contribution in [0.2, 0.25) is 22.2 Å². The van der Waals surface area contributed by atoms with Crippen LogP contribution in [-0.4, -0.2) is 62.2 Å². The Hall–Kier alpha value is -2.20. The summed E-state index contributed by atoms with van der Waals surface area (Å²) in [5.74, 6) is -0.750. The molecule has 226 valence electrons. The van der Waals surface area contributed by atoms with Gasteiger partial charge < -0.3 is 22.8 Å². The predicted octanol–water partition coefficient (Wildman–Crippen LogP) is 4.22. The van der Waals surface area contributed by atoms with E-state index in [2.05, 4.69) is 55.4 Å². The summed E-state index contributed by atoms with van der Waals surface area (Å²) >= 11 is 0. The van der Waals surface area contributed by atoms with Crippen LogP contribution in [0.1, 0.15) is 77.5 Å². The monoisotopic (exact) mass is 604 g/mol. The third kappa shape index (κ3) is 5.39. The predicted molar refractivity (Wildman–Crippen MR) is 160 cm³/mol. The van der Waals surface area contributed by atoms with Crippen molar-refractivity contribution in [1.82, 2.24) is 9.13 Å². The molecule has 0 bridgehead atoms. The van der Waals surface area contributed by atoms with Crippen LogP contribution in [-0.2, 0) is 17.7 Å². The molecule has 1 unspecified atom stereocenters. The molecule has 0 radical (unpaired) electrons. The number of benzene rings is 1. The Kier molecular flexibility index (Phi) is 9.15. The van der Waals surface area contributed by atoms with Gasteiger partial charge in [-0.25, -0.2) is 4.79 Å². The quantitative estimate of drug-likeness (QED) is 0.487. The van der Waals surface area contributed by atoms with Crippen molar-refractivity contribution in [3.05, 3.63) is 68.5 Å². The third-order valence-electron chi connectivity index (χ3n) is 8.42. The average Bonchev–Trinajstić information content (AvgIpc) is 3.19. The maximum Gasteiger partial charge on any atom is 0.340 e. The molecule has 1 aromatic carbocycles. The van der Waals surface area contributed by atoms with Crippen LogP contribution in [0.3, 0.4) is 0 Å². The zero-order chi connectivity index (χ0) is 30.4. The second kappa shape index (κ2) is 11.8. The van der Waals surface area contributed by atoms with Crippen LogP contribution in [0.5, 0.6) is 0 Å².